The Morgan fingerprint density at radius 2 is 1.61 bits per heavy atom. The minimum absolute atomic E-state index is 0.239. The van der Waals surface area contributed by atoms with E-state index in [0.717, 1.165) is 28.3 Å². The SMILES string of the molecule is COc1ccc(C2=NN(C(=O)COc3ccccc3C=O)C(c3ccc(OC)cc3)C2)cc1. The quantitative estimate of drug-likeness (QED) is 0.485. The summed E-state index contributed by atoms with van der Waals surface area (Å²) in [7, 11) is 3.23. The van der Waals surface area contributed by atoms with Gasteiger partial charge in [-0.1, -0.05) is 24.3 Å². The maximum absolute atomic E-state index is 13.2. The molecule has 1 heterocycles. The van der Waals surface area contributed by atoms with E-state index in [-0.39, 0.29) is 18.6 Å². The number of rotatable bonds is 8. The minimum Gasteiger partial charge on any atom is -0.497 e. The van der Waals surface area contributed by atoms with Gasteiger partial charge in [-0.25, -0.2) is 5.01 Å². The summed E-state index contributed by atoms with van der Waals surface area (Å²) >= 11 is 0. The van der Waals surface area contributed by atoms with E-state index in [9.17, 15) is 9.59 Å². The Kier molecular flexibility index (Phi) is 6.69. The third-order valence-corrected chi connectivity index (χ3v) is 5.49. The fraction of sp³-hybridized carbons (Fsp3) is 0.192. The molecule has 1 amide bonds. The van der Waals surface area contributed by atoms with Gasteiger partial charge in [0.25, 0.3) is 5.91 Å². The van der Waals surface area contributed by atoms with Crippen LogP contribution >= 0.6 is 0 Å². The fourth-order valence-corrected chi connectivity index (χ4v) is 3.70. The predicted molar refractivity (Wildman–Crippen MR) is 124 cm³/mol. The molecule has 4 rings (SSSR count). The molecule has 1 aliphatic heterocycles. The Morgan fingerprint density at radius 1 is 0.970 bits per heavy atom. The summed E-state index contributed by atoms with van der Waals surface area (Å²) in [6.45, 7) is -0.239. The average Bonchev–Trinajstić information content (AvgIpc) is 3.33. The van der Waals surface area contributed by atoms with Gasteiger partial charge in [0, 0.05) is 6.42 Å². The van der Waals surface area contributed by atoms with Gasteiger partial charge in [0.1, 0.15) is 17.2 Å². The molecule has 1 unspecified atom stereocenters. The van der Waals surface area contributed by atoms with Crippen molar-refractivity contribution >= 4 is 17.9 Å². The molecular weight excluding hydrogens is 420 g/mol. The number of hydrogen-bond acceptors (Lipinski definition) is 6. The number of hydrazone groups is 1. The number of amides is 1. The molecule has 3 aromatic rings. The topological polar surface area (TPSA) is 77.4 Å². The molecule has 0 saturated heterocycles. The van der Waals surface area contributed by atoms with Gasteiger partial charge in [-0.05, 0) is 59.7 Å². The standard InChI is InChI=1S/C26H24N2O5/c1-31-21-11-7-18(8-12-21)23-15-24(19-9-13-22(32-2)14-10-19)28(27-23)26(30)17-33-25-6-4-3-5-20(25)16-29/h3-14,16,24H,15,17H2,1-2H3. The number of hydrogen-bond donors (Lipinski definition) is 0. The highest BCUT2D eigenvalue weighted by Crippen LogP contribution is 2.34. The van der Waals surface area contributed by atoms with Crippen LogP contribution in [0.4, 0.5) is 0 Å². The molecule has 7 nitrogen and oxygen atoms in total. The number of benzene rings is 3. The van der Waals surface area contributed by atoms with E-state index in [1.165, 1.54) is 5.01 Å². The van der Waals surface area contributed by atoms with Crippen molar-refractivity contribution in [3.63, 3.8) is 0 Å². The largest absolute Gasteiger partial charge is 0.497 e. The Morgan fingerprint density at radius 3 is 2.24 bits per heavy atom. The van der Waals surface area contributed by atoms with E-state index in [4.69, 9.17) is 14.2 Å². The molecule has 0 N–H and O–H groups in total. The average molecular weight is 444 g/mol. The Balaban J connectivity index is 1.59. The first-order valence-electron chi connectivity index (χ1n) is 10.5. The van der Waals surface area contributed by atoms with Crippen LogP contribution in [-0.2, 0) is 4.79 Å². The van der Waals surface area contributed by atoms with E-state index in [1.54, 1.807) is 38.5 Å². The molecule has 33 heavy (non-hydrogen) atoms. The lowest BCUT2D eigenvalue weighted by molar-refractivity contribution is -0.135. The molecular formula is C26H24N2O5. The zero-order valence-electron chi connectivity index (χ0n) is 18.4. The van der Waals surface area contributed by atoms with Crippen LogP contribution in [0.1, 0.15) is 33.9 Å². The van der Waals surface area contributed by atoms with Gasteiger partial charge >= 0.3 is 0 Å². The second-order valence-corrected chi connectivity index (χ2v) is 7.45. The van der Waals surface area contributed by atoms with Crippen molar-refractivity contribution in [1.29, 1.82) is 0 Å². The molecule has 0 bridgehead atoms. The van der Waals surface area contributed by atoms with Gasteiger partial charge < -0.3 is 14.2 Å². The Bertz CT molecular complexity index is 1160. The van der Waals surface area contributed by atoms with Crippen LogP contribution in [0.5, 0.6) is 17.2 Å². The van der Waals surface area contributed by atoms with Crippen molar-refractivity contribution in [2.24, 2.45) is 5.10 Å². The summed E-state index contributed by atoms with van der Waals surface area (Å²) < 4.78 is 16.2. The molecule has 1 aliphatic rings. The van der Waals surface area contributed by atoms with Crippen LogP contribution in [-0.4, -0.2) is 43.7 Å². The van der Waals surface area contributed by atoms with Gasteiger partial charge in [0.2, 0.25) is 0 Å². The van der Waals surface area contributed by atoms with Crippen molar-refractivity contribution in [3.8, 4) is 17.2 Å². The van der Waals surface area contributed by atoms with E-state index in [2.05, 4.69) is 5.10 Å². The highest BCUT2D eigenvalue weighted by Gasteiger charge is 2.33. The number of methoxy groups -OCH3 is 2. The van der Waals surface area contributed by atoms with E-state index < -0.39 is 0 Å². The number of aldehydes is 1. The minimum atomic E-state index is -0.306. The number of nitrogens with zero attached hydrogens (tertiary/aromatic N) is 2. The second kappa shape index (κ2) is 9.99. The van der Waals surface area contributed by atoms with E-state index in [0.29, 0.717) is 24.0 Å². The van der Waals surface area contributed by atoms with Gasteiger partial charge in [-0.2, -0.15) is 5.10 Å². The first-order valence-corrected chi connectivity index (χ1v) is 10.5. The van der Waals surface area contributed by atoms with Crippen LogP contribution in [0.2, 0.25) is 0 Å². The first kappa shape index (κ1) is 22.1. The molecule has 0 fully saturated rings. The maximum atomic E-state index is 13.2. The second-order valence-electron chi connectivity index (χ2n) is 7.45. The molecule has 7 heteroatoms. The summed E-state index contributed by atoms with van der Waals surface area (Å²) in [6.07, 6.45) is 1.26. The van der Waals surface area contributed by atoms with E-state index >= 15 is 0 Å². The van der Waals surface area contributed by atoms with Crippen molar-refractivity contribution < 1.29 is 23.8 Å². The van der Waals surface area contributed by atoms with Crippen LogP contribution in [0.3, 0.4) is 0 Å². The van der Waals surface area contributed by atoms with Crippen molar-refractivity contribution in [3.05, 3.63) is 89.5 Å². The van der Waals surface area contributed by atoms with Gasteiger partial charge in [-0.15, -0.1) is 0 Å². The maximum Gasteiger partial charge on any atom is 0.281 e. The van der Waals surface area contributed by atoms with Crippen LogP contribution < -0.4 is 14.2 Å². The summed E-state index contributed by atoms with van der Waals surface area (Å²) in [6, 6.07) is 21.7. The molecule has 0 radical (unpaired) electrons. The summed E-state index contributed by atoms with van der Waals surface area (Å²) in [5, 5.41) is 6.11. The third-order valence-electron chi connectivity index (χ3n) is 5.49. The lowest BCUT2D eigenvalue weighted by Gasteiger charge is -2.22. The van der Waals surface area contributed by atoms with Crippen molar-refractivity contribution in [1.82, 2.24) is 5.01 Å². The number of carbonyl (C=O) groups excluding carboxylic acids is 2. The Labute approximate surface area is 192 Å². The lowest BCUT2D eigenvalue weighted by Crippen LogP contribution is -2.31. The van der Waals surface area contributed by atoms with Crippen molar-refractivity contribution in [2.45, 2.75) is 12.5 Å². The van der Waals surface area contributed by atoms with Gasteiger partial charge in [0.15, 0.2) is 12.9 Å². The lowest BCUT2D eigenvalue weighted by atomic mass is 9.98. The first-order chi connectivity index (χ1) is 16.1. The van der Waals surface area contributed by atoms with Crippen molar-refractivity contribution in [2.75, 3.05) is 20.8 Å². The van der Waals surface area contributed by atoms with Crippen LogP contribution in [0.25, 0.3) is 0 Å². The highest BCUT2D eigenvalue weighted by molar-refractivity contribution is 6.03. The number of carbonyl (C=O) groups is 2. The smallest absolute Gasteiger partial charge is 0.281 e. The molecule has 168 valence electrons. The molecule has 0 saturated carbocycles. The van der Waals surface area contributed by atoms with E-state index in [1.807, 2.05) is 48.5 Å². The molecule has 0 aliphatic carbocycles. The predicted octanol–water partition coefficient (Wildman–Crippen LogP) is 4.27. The number of para-hydroxylation sites is 1. The zero-order chi connectivity index (χ0) is 23.2. The molecule has 3 aromatic carbocycles. The monoisotopic (exact) mass is 444 g/mol. The third kappa shape index (κ3) is 4.87. The molecule has 1 atom stereocenters. The van der Waals surface area contributed by atoms with Gasteiger partial charge in [0.05, 0.1) is 31.5 Å². The zero-order valence-corrected chi connectivity index (χ0v) is 18.4. The highest BCUT2D eigenvalue weighted by atomic mass is 16.5. The summed E-state index contributed by atoms with van der Waals surface area (Å²) in [5.41, 5.74) is 3.03. The summed E-state index contributed by atoms with van der Waals surface area (Å²) in [4.78, 5) is 24.4. The van der Waals surface area contributed by atoms with Gasteiger partial charge in [-0.3, -0.25) is 9.59 Å². The normalized spacial score (nSPS) is 15.0. The fourth-order valence-electron chi connectivity index (χ4n) is 3.70. The Hall–Kier alpha value is -4.13. The number of ether oxygens (including phenoxy) is 3. The molecule has 0 spiro atoms. The van der Waals surface area contributed by atoms with Crippen LogP contribution in [0.15, 0.2) is 77.9 Å². The van der Waals surface area contributed by atoms with Crippen LogP contribution in [0, 0.1) is 0 Å². The molecule has 0 aromatic heterocycles. The summed E-state index contributed by atoms with van der Waals surface area (Å²) in [5.74, 6) is 1.54.